The highest BCUT2D eigenvalue weighted by molar-refractivity contribution is 5.84. The molecule has 0 aromatic heterocycles. The van der Waals surface area contributed by atoms with Crippen LogP contribution in [0.2, 0.25) is 0 Å². The Hall–Kier alpha value is -1.51. The largest absolute Gasteiger partial charge is 0.374 e. The van der Waals surface area contributed by atoms with Crippen LogP contribution in [-0.4, -0.2) is 18.5 Å². The Labute approximate surface area is 123 Å². The van der Waals surface area contributed by atoms with Gasteiger partial charge in [0.1, 0.15) is 6.04 Å². The van der Waals surface area contributed by atoms with Crippen LogP contribution < -0.4 is 10.6 Å². The van der Waals surface area contributed by atoms with Crippen molar-refractivity contribution in [3.05, 3.63) is 29.8 Å². The van der Waals surface area contributed by atoms with Crippen LogP contribution >= 0.6 is 0 Å². The van der Waals surface area contributed by atoms with Crippen molar-refractivity contribution in [1.82, 2.24) is 5.32 Å². The van der Waals surface area contributed by atoms with Gasteiger partial charge in [-0.15, -0.1) is 0 Å². The molecule has 1 unspecified atom stereocenters. The number of carbonyl (C=O) groups is 1. The smallest absolute Gasteiger partial charge is 0.242 e. The summed E-state index contributed by atoms with van der Waals surface area (Å²) in [5.41, 5.74) is 2.43. The number of amides is 1. The first kappa shape index (κ1) is 16.5. The topological polar surface area (TPSA) is 41.1 Å². The number of benzene rings is 1. The van der Waals surface area contributed by atoms with Gasteiger partial charge in [-0.05, 0) is 36.5 Å². The van der Waals surface area contributed by atoms with Gasteiger partial charge < -0.3 is 10.6 Å². The van der Waals surface area contributed by atoms with Gasteiger partial charge in [0, 0.05) is 12.2 Å². The van der Waals surface area contributed by atoms with Crippen molar-refractivity contribution in [3.8, 4) is 0 Å². The van der Waals surface area contributed by atoms with E-state index in [1.165, 1.54) is 5.56 Å². The molecule has 0 aliphatic carbocycles. The molecule has 0 saturated heterocycles. The number of rotatable bonds is 6. The third-order valence-electron chi connectivity index (χ3n) is 3.36. The fraction of sp³-hybridized carbons (Fsp3) is 0.588. The number of carbonyl (C=O) groups excluding carboxylic acids is 1. The summed E-state index contributed by atoms with van der Waals surface area (Å²) in [6, 6.07) is 8.09. The van der Waals surface area contributed by atoms with Crippen LogP contribution in [0.1, 0.15) is 53.0 Å². The third-order valence-corrected chi connectivity index (χ3v) is 3.36. The molecule has 1 rings (SSSR count). The maximum atomic E-state index is 11.9. The highest BCUT2D eigenvalue weighted by Gasteiger charge is 2.14. The number of nitrogens with one attached hydrogen (secondary N) is 2. The lowest BCUT2D eigenvalue weighted by molar-refractivity contribution is -0.121. The minimum atomic E-state index is -0.215. The van der Waals surface area contributed by atoms with Gasteiger partial charge in [-0.1, -0.05) is 46.2 Å². The molecule has 2 N–H and O–H groups in total. The van der Waals surface area contributed by atoms with E-state index >= 15 is 0 Å². The second kappa shape index (κ2) is 7.32. The number of hydrogen-bond donors (Lipinski definition) is 2. The number of hydrogen-bond acceptors (Lipinski definition) is 2. The average molecular weight is 276 g/mol. The second-order valence-electron chi connectivity index (χ2n) is 6.34. The molecular weight excluding hydrogens is 248 g/mol. The Balaban J connectivity index is 2.53. The standard InChI is InChI=1S/C17H28N2O/c1-6-7-12-18-16(20)13(2)19-15-10-8-14(9-11-15)17(3,4)5/h8-11,13,19H,6-7,12H2,1-5H3,(H,18,20). The summed E-state index contributed by atoms with van der Waals surface area (Å²) >= 11 is 0. The molecule has 1 atom stereocenters. The van der Waals surface area contributed by atoms with E-state index in [2.05, 4.69) is 50.5 Å². The van der Waals surface area contributed by atoms with Crippen molar-refractivity contribution in [3.63, 3.8) is 0 Å². The van der Waals surface area contributed by atoms with Crippen LogP contribution in [0.4, 0.5) is 5.69 Å². The minimum absolute atomic E-state index is 0.0540. The van der Waals surface area contributed by atoms with E-state index in [0.717, 1.165) is 25.1 Å². The molecule has 0 radical (unpaired) electrons. The molecule has 112 valence electrons. The monoisotopic (exact) mass is 276 g/mol. The van der Waals surface area contributed by atoms with Crippen molar-refractivity contribution in [1.29, 1.82) is 0 Å². The lowest BCUT2D eigenvalue weighted by atomic mass is 9.87. The molecular formula is C17H28N2O. The summed E-state index contributed by atoms with van der Waals surface area (Å²) in [7, 11) is 0. The predicted molar refractivity (Wildman–Crippen MR) is 86.1 cm³/mol. The molecule has 3 heteroatoms. The SMILES string of the molecule is CCCCNC(=O)C(C)Nc1ccc(C(C)(C)C)cc1. The first-order valence-electron chi connectivity index (χ1n) is 7.49. The van der Waals surface area contributed by atoms with E-state index in [9.17, 15) is 4.79 Å². The van der Waals surface area contributed by atoms with Crippen LogP contribution in [0.15, 0.2) is 24.3 Å². The Morgan fingerprint density at radius 3 is 2.30 bits per heavy atom. The van der Waals surface area contributed by atoms with E-state index < -0.39 is 0 Å². The summed E-state index contributed by atoms with van der Waals surface area (Å²) in [5.74, 6) is 0.0540. The van der Waals surface area contributed by atoms with Crippen LogP contribution in [0, 0.1) is 0 Å². The van der Waals surface area contributed by atoms with Crippen molar-refractivity contribution in [2.75, 3.05) is 11.9 Å². The number of unbranched alkanes of at least 4 members (excludes halogenated alkanes) is 1. The quantitative estimate of drug-likeness (QED) is 0.778. The maximum absolute atomic E-state index is 11.9. The lowest BCUT2D eigenvalue weighted by Gasteiger charge is -2.20. The van der Waals surface area contributed by atoms with Crippen LogP contribution in [0.25, 0.3) is 0 Å². The van der Waals surface area contributed by atoms with E-state index in [1.54, 1.807) is 0 Å². The molecule has 0 heterocycles. The Morgan fingerprint density at radius 2 is 1.80 bits per heavy atom. The minimum Gasteiger partial charge on any atom is -0.374 e. The zero-order valence-electron chi connectivity index (χ0n) is 13.4. The van der Waals surface area contributed by atoms with Gasteiger partial charge >= 0.3 is 0 Å². The summed E-state index contributed by atoms with van der Waals surface area (Å²) in [6.45, 7) is 11.3. The van der Waals surface area contributed by atoms with Crippen LogP contribution in [-0.2, 0) is 10.2 Å². The molecule has 0 aliphatic heterocycles. The fourth-order valence-corrected chi connectivity index (χ4v) is 1.92. The van der Waals surface area contributed by atoms with E-state index in [-0.39, 0.29) is 17.4 Å². The predicted octanol–water partition coefficient (Wildman–Crippen LogP) is 3.70. The molecule has 0 saturated carbocycles. The van der Waals surface area contributed by atoms with Gasteiger partial charge in [-0.2, -0.15) is 0 Å². The van der Waals surface area contributed by atoms with Gasteiger partial charge in [-0.25, -0.2) is 0 Å². The highest BCUT2D eigenvalue weighted by Crippen LogP contribution is 2.23. The molecule has 1 amide bonds. The molecule has 0 aliphatic rings. The number of anilines is 1. The van der Waals surface area contributed by atoms with Crippen molar-refractivity contribution < 1.29 is 4.79 Å². The molecule has 0 fully saturated rings. The van der Waals surface area contributed by atoms with Crippen molar-refractivity contribution in [2.24, 2.45) is 0 Å². The van der Waals surface area contributed by atoms with Crippen LogP contribution in [0.3, 0.4) is 0 Å². The molecule has 0 spiro atoms. The molecule has 1 aromatic carbocycles. The molecule has 0 bridgehead atoms. The Kier molecular flexibility index (Phi) is 6.05. The average Bonchev–Trinajstić information content (AvgIpc) is 2.38. The van der Waals surface area contributed by atoms with Gasteiger partial charge in [0.05, 0.1) is 0 Å². The highest BCUT2D eigenvalue weighted by atomic mass is 16.2. The normalized spacial score (nSPS) is 12.8. The first-order chi connectivity index (χ1) is 9.34. The van der Waals surface area contributed by atoms with E-state index in [0.29, 0.717) is 0 Å². The maximum Gasteiger partial charge on any atom is 0.242 e. The van der Waals surface area contributed by atoms with Gasteiger partial charge in [0.2, 0.25) is 5.91 Å². The molecule has 1 aromatic rings. The third kappa shape index (κ3) is 5.24. The fourth-order valence-electron chi connectivity index (χ4n) is 1.92. The molecule has 20 heavy (non-hydrogen) atoms. The first-order valence-corrected chi connectivity index (χ1v) is 7.49. The summed E-state index contributed by atoms with van der Waals surface area (Å²) in [6.07, 6.45) is 2.12. The summed E-state index contributed by atoms with van der Waals surface area (Å²) < 4.78 is 0. The lowest BCUT2D eigenvalue weighted by Crippen LogP contribution is -2.37. The van der Waals surface area contributed by atoms with E-state index in [1.807, 2.05) is 19.1 Å². The zero-order chi connectivity index (χ0) is 15.2. The Bertz CT molecular complexity index is 418. The van der Waals surface area contributed by atoms with Crippen LogP contribution in [0.5, 0.6) is 0 Å². The van der Waals surface area contributed by atoms with Gasteiger partial charge in [0.15, 0.2) is 0 Å². The zero-order valence-corrected chi connectivity index (χ0v) is 13.4. The Morgan fingerprint density at radius 1 is 1.20 bits per heavy atom. The van der Waals surface area contributed by atoms with Gasteiger partial charge in [-0.3, -0.25) is 4.79 Å². The van der Waals surface area contributed by atoms with Crippen molar-refractivity contribution in [2.45, 2.75) is 58.9 Å². The second-order valence-corrected chi connectivity index (χ2v) is 6.34. The van der Waals surface area contributed by atoms with Gasteiger partial charge in [0.25, 0.3) is 0 Å². The summed E-state index contributed by atoms with van der Waals surface area (Å²) in [5, 5.41) is 6.17. The van der Waals surface area contributed by atoms with E-state index in [4.69, 9.17) is 0 Å². The van der Waals surface area contributed by atoms with Crippen molar-refractivity contribution >= 4 is 11.6 Å². The summed E-state index contributed by atoms with van der Waals surface area (Å²) in [4.78, 5) is 11.9. The molecule has 3 nitrogen and oxygen atoms in total.